The molecule has 0 aliphatic carbocycles. The van der Waals surface area contributed by atoms with Crippen molar-refractivity contribution in [2.45, 2.75) is 19.8 Å². The first-order valence-corrected chi connectivity index (χ1v) is 6.07. The lowest BCUT2D eigenvalue weighted by atomic mass is 10.2. The zero-order chi connectivity index (χ0) is 10.9. The highest BCUT2D eigenvalue weighted by atomic mass is 32.1. The molecule has 0 spiro atoms. The normalized spacial score (nSPS) is 11.5. The monoisotopic (exact) mass is 226 g/mol. The lowest BCUT2D eigenvalue weighted by molar-refractivity contribution is 0.800. The molecule has 0 bridgehead atoms. The molecule has 0 saturated heterocycles. The number of aliphatic imine (C=N–C) groups is 1. The molecule has 84 valence electrons. The first kappa shape index (κ1) is 12.0. The highest BCUT2D eigenvalue weighted by molar-refractivity contribution is 7.07. The molecule has 4 N–H and O–H groups in total. The summed E-state index contributed by atoms with van der Waals surface area (Å²) < 4.78 is 0. The average Bonchev–Trinajstić information content (AvgIpc) is 2.76. The Kier molecular flexibility index (Phi) is 5.80. The van der Waals surface area contributed by atoms with E-state index in [9.17, 15) is 0 Å². The van der Waals surface area contributed by atoms with Crippen LogP contribution in [-0.2, 0) is 6.42 Å². The largest absolute Gasteiger partial charge is 0.355 e. The Morgan fingerprint density at radius 1 is 1.60 bits per heavy atom. The van der Waals surface area contributed by atoms with Crippen LogP contribution in [0.1, 0.15) is 18.9 Å². The van der Waals surface area contributed by atoms with Gasteiger partial charge in [-0.15, -0.1) is 0 Å². The Morgan fingerprint density at radius 2 is 2.47 bits per heavy atom. The van der Waals surface area contributed by atoms with Gasteiger partial charge in [-0.1, -0.05) is 6.92 Å². The lowest BCUT2D eigenvalue weighted by Gasteiger charge is -2.07. The van der Waals surface area contributed by atoms with Crippen molar-refractivity contribution in [1.29, 1.82) is 0 Å². The molecule has 0 radical (unpaired) electrons. The van der Waals surface area contributed by atoms with Crippen LogP contribution < -0.4 is 16.6 Å². The maximum absolute atomic E-state index is 5.33. The second-order valence-corrected chi connectivity index (χ2v) is 3.96. The third-order valence-corrected chi connectivity index (χ3v) is 2.65. The summed E-state index contributed by atoms with van der Waals surface area (Å²) in [7, 11) is 0. The Bertz CT molecular complexity index is 282. The predicted molar refractivity (Wildman–Crippen MR) is 65.9 cm³/mol. The van der Waals surface area contributed by atoms with Crippen molar-refractivity contribution in [3.8, 4) is 0 Å². The maximum atomic E-state index is 5.33. The van der Waals surface area contributed by atoms with E-state index in [2.05, 4.69) is 39.5 Å². The van der Waals surface area contributed by atoms with E-state index < -0.39 is 0 Å². The minimum atomic E-state index is 0.673. The number of rotatable bonds is 5. The molecule has 0 aromatic carbocycles. The van der Waals surface area contributed by atoms with Crippen molar-refractivity contribution in [2.75, 3.05) is 13.1 Å². The van der Waals surface area contributed by atoms with Crippen LogP contribution in [-0.4, -0.2) is 19.0 Å². The zero-order valence-corrected chi connectivity index (χ0v) is 9.81. The molecule has 0 fully saturated rings. The summed E-state index contributed by atoms with van der Waals surface area (Å²) in [6.45, 7) is 3.73. The number of thiophene rings is 1. The Labute approximate surface area is 94.6 Å². The van der Waals surface area contributed by atoms with Gasteiger partial charge < -0.3 is 5.32 Å². The Morgan fingerprint density at radius 3 is 3.07 bits per heavy atom. The van der Waals surface area contributed by atoms with E-state index in [1.165, 1.54) is 5.56 Å². The number of nitrogens with one attached hydrogen (secondary N) is 2. The standard InChI is InChI=1S/C10H18N4S/c1-2-5-12-10(14-11)13-6-3-9-4-7-15-8-9/h4,7-8H,2-3,5-6,11H2,1H3,(H2,12,13,14). The van der Waals surface area contributed by atoms with E-state index in [0.29, 0.717) is 5.96 Å². The van der Waals surface area contributed by atoms with E-state index in [4.69, 9.17) is 5.84 Å². The van der Waals surface area contributed by atoms with E-state index in [0.717, 1.165) is 25.9 Å². The summed E-state index contributed by atoms with van der Waals surface area (Å²) in [5.41, 5.74) is 3.91. The topological polar surface area (TPSA) is 62.4 Å². The van der Waals surface area contributed by atoms with E-state index in [-0.39, 0.29) is 0 Å². The number of hydrazine groups is 1. The molecule has 0 atom stereocenters. The van der Waals surface area contributed by atoms with Crippen LogP contribution in [0.5, 0.6) is 0 Å². The van der Waals surface area contributed by atoms with Gasteiger partial charge in [-0.2, -0.15) is 11.3 Å². The lowest BCUT2D eigenvalue weighted by Crippen LogP contribution is -2.42. The molecular weight excluding hydrogens is 208 g/mol. The fourth-order valence-corrected chi connectivity index (χ4v) is 1.84. The van der Waals surface area contributed by atoms with Crippen molar-refractivity contribution < 1.29 is 0 Å². The van der Waals surface area contributed by atoms with Gasteiger partial charge >= 0.3 is 0 Å². The predicted octanol–water partition coefficient (Wildman–Crippen LogP) is 1.11. The molecular formula is C10H18N4S. The van der Waals surface area contributed by atoms with Crippen molar-refractivity contribution >= 4 is 17.3 Å². The van der Waals surface area contributed by atoms with Gasteiger partial charge in [-0.25, -0.2) is 5.84 Å². The molecule has 0 saturated carbocycles. The first-order chi connectivity index (χ1) is 7.36. The van der Waals surface area contributed by atoms with Crippen molar-refractivity contribution in [3.05, 3.63) is 22.4 Å². The number of hydrogen-bond donors (Lipinski definition) is 3. The van der Waals surface area contributed by atoms with Crippen LogP contribution in [0, 0.1) is 0 Å². The molecule has 5 heteroatoms. The SMILES string of the molecule is CCCN=C(NN)NCCc1ccsc1. The van der Waals surface area contributed by atoms with Gasteiger partial charge in [0.05, 0.1) is 0 Å². The Hall–Kier alpha value is -1.07. The van der Waals surface area contributed by atoms with E-state index in [1.807, 2.05) is 0 Å². The molecule has 4 nitrogen and oxygen atoms in total. The molecule has 1 heterocycles. The molecule has 0 aliphatic heterocycles. The summed E-state index contributed by atoms with van der Waals surface area (Å²) in [5, 5.41) is 7.40. The fraction of sp³-hybridized carbons (Fsp3) is 0.500. The summed E-state index contributed by atoms with van der Waals surface area (Å²) in [5.74, 6) is 6.00. The quantitative estimate of drug-likeness (QED) is 0.305. The van der Waals surface area contributed by atoms with Crippen LogP contribution in [0.15, 0.2) is 21.8 Å². The Balaban J connectivity index is 2.23. The third-order valence-electron chi connectivity index (χ3n) is 1.92. The number of hydrogen-bond acceptors (Lipinski definition) is 3. The van der Waals surface area contributed by atoms with Crippen LogP contribution in [0.25, 0.3) is 0 Å². The van der Waals surface area contributed by atoms with Gasteiger partial charge in [0.1, 0.15) is 0 Å². The summed E-state index contributed by atoms with van der Waals surface area (Å²) in [4.78, 5) is 4.25. The third kappa shape index (κ3) is 4.80. The highest BCUT2D eigenvalue weighted by Crippen LogP contribution is 2.05. The van der Waals surface area contributed by atoms with Crippen molar-refractivity contribution in [3.63, 3.8) is 0 Å². The first-order valence-electron chi connectivity index (χ1n) is 5.12. The van der Waals surface area contributed by atoms with Gasteiger partial charge in [0.25, 0.3) is 0 Å². The molecule has 0 aliphatic rings. The van der Waals surface area contributed by atoms with Gasteiger partial charge in [-0.3, -0.25) is 10.4 Å². The molecule has 0 unspecified atom stereocenters. The highest BCUT2D eigenvalue weighted by Gasteiger charge is 1.96. The zero-order valence-electron chi connectivity index (χ0n) is 8.99. The van der Waals surface area contributed by atoms with Crippen molar-refractivity contribution in [1.82, 2.24) is 10.7 Å². The molecule has 15 heavy (non-hydrogen) atoms. The minimum Gasteiger partial charge on any atom is -0.355 e. The van der Waals surface area contributed by atoms with E-state index in [1.54, 1.807) is 11.3 Å². The minimum absolute atomic E-state index is 0.673. The van der Waals surface area contributed by atoms with Gasteiger partial charge in [0.2, 0.25) is 5.96 Å². The van der Waals surface area contributed by atoms with Gasteiger partial charge in [0.15, 0.2) is 0 Å². The summed E-state index contributed by atoms with van der Waals surface area (Å²) >= 11 is 1.72. The maximum Gasteiger partial charge on any atom is 0.205 e. The fourth-order valence-electron chi connectivity index (χ4n) is 1.14. The number of nitrogens with zero attached hydrogens (tertiary/aromatic N) is 1. The van der Waals surface area contributed by atoms with Gasteiger partial charge in [-0.05, 0) is 35.2 Å². The van der Waals surface area contributed by atoms with Crippen LogP contribution in [0.2, 0.25) is 0 Å². The second kappa shape index (κ2) is 7.25. The van der Waals surface area contributed by atoms with Crippen molar-refractivity contribution in [2.24, 2.45) is 10.8 Å². The summed E-state index contributed by atoms with van der Waals surface area (Å²) in [6, 6.07) is 2.13. The van der Waals surface area contributed by atoms with Crippen LogP contribution >= 0.6 is 11.3 Å². The average molecular weight is 226 g/mol. The summed E-state index contributed by atoms with van der Waals surface area (Å²) in [6.07, 6.45) is 2.02. The number of guanidine groups is 1. The number of nitrogens with two attached hydrogens (primary N) is 1. The molecule has 1 rings (SSSR count). The molecule has 0 amide bonds. The van der Waals surface area contributed by atoms with Crippen LogP contribution in [0.4, 0.5) is 0 Å². The molecule has 1 aromatic rings. The smallest absolute Gasteiger partial charge is 0.205 e. The second-order valence-electron chi connectivity index (χ2n) is 3.18. The van der Waals surface area contributed by atoms with E-state index >= 15 is 0 Å². The van der Waals surface area contributed by atoms with Gasteiger partial charge in [0, 0.05) is 13.1 Å². The molecule has 1 aromatic heterocycles. The van der Waals surface area contributed by atoms with Crippen LogP contribution in [0.3, 0.4) is 0 Å².